The number of imide groups is 1. The maximum Gasteiger partial charge on any atom is 0.278 e. The van der Waals surface area contributed by atoms with Crippen LogP contribution in [0.2, 0.25) is 0 Å². The molecule has 32 heavy (non-hydrogen) atoms. The largest absolute Gasteiger partial charge is 0.497 e. The lowest BCUT2D eigenvalue weighted by atomic mass is 9.99. The fraction of sp³-hybridized carbons (Fsp3) is 0.360. The summed E-state index contributed by atoms with van der Waals surface area (Å²) in [4.78, 5) is 27.9. The molecular formula is C25H30N2O5. The molecule has 2 aromatic rings. The quantitative estimate of drug-likeness (QED) is 0.447. The monoisotopic (exact) mass is 438 g/mol. The molecule has 2 aromatic carbocycles. The first-order valence-electron chi connectivity index (χ1n) is 10.7. The molecule has 0 aliphatic carbocycles. The van der Waals surface area contributed by atoms with Gasteiger partial charge in [0.2, 0.25) is 0 Å². The molecule has 1 aliphatic rings. The maximum absolute atomic E-state index is 13.3. The third-order valence-electron chi connectivity index (χ3n) is 5.51. The highest BCUT2D eigenvalue weighted by Crippen LogP contribution is 2.35. The van der Waals surface area contributed by atoms with Crippen LogP contribution in [0, 0.1) is 13.8 Å². The number of benzene rings is 2. The summed E-state index contributed by atoms with van der Waals surface area (Å²) in [6, 6.07) is 11.0. The van der Waals surface area contributed by atoms with E-state index in [-0.39, 0.29) is 24.1 Å². The molecule has 0 fully saturated rings. The fourth-order valence-electron chi connectivity index (χ4n) is 3.57. The lowest BCUT2D eigenvalue weighted by molar-refractivity contribution is -0.137. The van der Waals surface area contributed by atoms with Crippen LogP contribution in [0.3, 0.4) is 0 Å². The van der Waals surface area contributed by atoms with Crippen molar-refractivity contribution in [1.82, 2.24) is 4.90 Å². The molecule has 0 spiro atoms. The number of rotatable bonds is 10. The van der Waals surface area contributed by atoms with Crippen molar-refractivity contribution in [3.63, 3.8) is 0 Å². The summed E-state index contributed by atoms with van der Waals surface area (Å²) in [5.74, 6) is 0.454. The van der Waals surface area contributed by atoms with E-state index in [4.69, 9.17) is 14.2 Å². The first-order valence-corrected chi connectivity index (χ1v) is 10.7. The van der Waals surface area contributed by atoms with Crippen molar-refractivity contribution >= 4 is 23.1 Å². The van der Waals surface area contributed by atoms with Gasteiger partial charge in [-0.3, -0.25) is 14.5 Å². The van der Waals surface area contributed by atoms with Crippen molar-refractivity contribution in [1.29, 1.82) is 0 Å². The molecule has 0 aromatic heterocycles. The lowest BCUT2D eigenvalue weighted by Crippen LogP contribution is -2.34. The van der Waals surface area contributed by atoms with Gasteiger partial charge in [0, 0.05) is 25.8 Å². The van der Waals surface area contributed by atoms with Crippen LogP contribution in [0.5, 0.6) is 11.5 Å². The minimum atomic E-state index is -0.363. The molecule has 1 N–H and O–H groups in total. The normalized spacial score (nSPS) is 13.7. The molecule has 170 valence electrons. The number of carbonyl (C=O) groups is 2. The van der Waals surface area contributed by atoms with Crippen LogP contribution < -0.4 is 14.8 Å². The Morgan fingerprint density at radius 3 is 2.38 bits per heavy atom. The Morgan fingerprint density at radius 2 is 1.72 bits per heavy atom. The Labute approximate surface area is 189 Å². The molecule has 7 nitrogen and oxygen atoms in total. The summed E-state index contributed by atoms with van der Waals surface area (Å²) < 4.78 is 16.1. The van der Waals surface area contributed by atoms with Crippen LogP contribution in [-0.2, 0) is 14.3 Å². The zero-order valence-electron chi connectivity index (χ0n) is 19.3. The number of nitrogens with one attached hydrogen (secondary N) is 1. The Kier molecular flexibility index (Phi) is 7.53. The Bertz CT molecular complexity index is 1040. The predicted molar refractivity (Wildman–Crippen MR) is 124 cm³/mol. The zero-order chi connectivity index (χ0) is 23.3. The third-order valence-corrected chi connectivity index (χ3v) is 5.51. The Hall–Kier alpha value is -3.32. The van der Waals surface area contributed by atoms with Crippen LogP contribution in [0.25, 0.3) is 5.57 Å². The number of hydrogen-bond donors (Lipinski definition) is 1. The van der Waals surface area contributed by atoms with Gasteiger partial charge >= 0.3 is 0 Å². The number of hydrogen-bond acceptors (Lipinski definition) is 6. The predicted octanol–water partition coefficient (Wildman–Crippen LogP) is 3.94. The molecule has 7 heteroatoms. The summed E-state index contributed by atoms with van der Waals surface area (Å²) in [7, 11) is 3.11. The van der Waals surface area contributed by atoms with E-state index in [9.17, 15) is 9.59 Å². The van der Waals surface area contributed by atoms with Crippen molar-refractivity contribution < 1.29 is 23.8 Å². The second-order valence-corrected chi connectivity index (χ2v) is 7.55. The number of carbonyl (C=O) groups excluding carboxylic acids is 2. The van der Waals surface area contributed by atoms with Gasteiger partial charge in [-0.25, -0.2) is 0 Å². The second kappa shape index (κ2) is 10.3. The van der Waals surface area contributed by atoms with Crippen molar-refractivity contribution in [2.45, 2.75) is 27.2 Å². The van der Waals surface area contributed by atoms with Gasteiger partial charge in [0.15, 0.2) is 0 Å². The average Bonchev–Trinajstić information content (AvgIpc) is 3.02. The number of amides is 2. The highest BCUT2D eigenvalue weighted by Gasteiger charge is 2.39. The van der Waals surface area contributed by atoms with E-state index in [0.717, 1.165) is 11.1 Å². The smallest absolute Gasteiger partial charge is 0.278 e. The van der Waals surface area contributed by atoms with Crippen molar-refractivity contribution in [3.8, 4) is 11.5 Å². The lowest BCUT2D eigenvalue weighted by Gasteiger charge is -2.16. The van der Waals surface area contributed by atoms with Gasteiger partial charge in [-0.15, -0.1) is 0 Å². The molecule has 2 amide bonds. The number of anilines is 1. The van der Waals surface area contributed by atoms with Gasteiger partial charge in [-0.1, -0.05) is 18.2 Å². The molecule has 0 saturated heterocycles. The number of aryl methyl sites for hydroxylation is 2. The average molecular weight is 439 g/mol. The summed E-state index contributed by atoms with van der Waals surface area (Å²) in [5.41, 5.74) is 4.03. The molecule has 1 heterocycles. The standard InChI is InChI=1S/C25H30N2O5/c1-6-32-13-7-12-27-24(28)22(18-9-8-16(2)17(3)14-18)23(25(27)29)26-20-11-10-19(30-4)15-21(20)31-5/h8-11,14-15,26H,6-7,12-13H2,1-5H3. The first-order chi connectivity index (χ1) is 15.4. The van der Waals surface area contributed by atoms with Crippen LogP contribution >= 0.6 is 0 Å². The van der Waals surface area contributed by atoms with Crippen molar-refractivity contribution in [2.24, 2.45) is 0 Å². The van der Waals surface area contributed by atoms with E-state index in [1.807, 2.05) is 39.0 Å². The van der Waals surface area contributed by atoms with Crippen molar-refractivity contribution in [2.75, 3.05) is 39.3 Å². The molecule has 1 aliphatic heterocycles. The highest BCUT2D eigenvalue weighted by atomic mass is 16.5. The molecule has 0 saturated carbocycles. The third kappa shape index (κ3) is 4.78. The molecular weight excluding hydrogens is 408 g/mol. The summed E-state index contributed by atoms with van der Waals surface area (Å²) in [6.45, 7) is 7.28. The van der Waals surface area contributed by atoms with Gasteiger partial charge in [0.1, 0.15) is 17.2 Å². The maximum atomic E-state index is 13.3. The van der Waals surface area contributed by atoms with Crippen molar-refractivity contribution in [3.05, 3.63) is 58.8 Å². The van der Waals surface area contributed by atoms with E-state index >= 15 is 0 Å². The van der Waals surface area contributed by atoms with Crippen LogP contribution in [0.15, 0.2) is 42.1 Å². The topological polar surface area (TPSA) is 77.1 Å². The molecule has 0 unspecified atom stereocenters. The Morgan fingerprint density at radius 1 is 0.938 bits per heavy atom. The minimum Gasteiger partial charge on any atom is -0.497 e. The van der Waals surface area contributed by atoms with Gasteiger partial charge in [-0.2, -0.15) is 0 Å². The van der Waals surface area contributed by atoms with Crippen LogP contribution in [0.1, 0.15) is 30.0 Å². The fourth-order valence-corrected chi connectivity index (χ4v) is 3.57. The Balaban J connectivity index is 2.02. The SMILES string of the molecule is CCOCCCN1C(=O)C(Nc2ccc(OC)cc2OC)=C(c2ccc(C)c(C)c2)C1=O. The van der Waals surface area contributed by atoms with E-state index in [2.05, 4.69) is 5.32 Å². The number of ether oxygens (including phenoxy) is 3. The second-order valence-electron chi connectivity index (χ2n) is 7.55. The highest BCUT2D eigenvalue weighted by molar-refractivity contribution is 6.36. The first kappa shape index (κ1) is 23.3. The van der Waals surface area contributed by atoms with E-state index < -0.39 is 0 Å². The van der Waals surface area contributed by atoms with Gasteiger partial charge in [-0.05, 0) is 56.0 Å². The molecule has 3 rings (SSSR count). The summed E-state index contributed by atoms with van der Waals surface area (Å²) in [6.07, 6.45) is 0.574. The van der Waals surface area contributed by atoms with E-state index in [1.165, 1.54) is 4.90 Å². The van der Waals surface area contributed by atoms with E-state index in [1.54, 1.807) is 32.4 Å². The van der Waals surface area contributed by atoms with Gasteiger partial charge < -0.3 is 19.5 Å². The zero-order valence-corrected chi connectivity index (χ0v) is 19.3. The van der Waals surface area contributed by atoms with Gasteiger partial charge in [0.25, 0.3) is 11.8 Å². The summed E-state index contributed by atoms with van der Waals surface area (Å²) in [5, 5.41) is 3.16. The number of methoxy groups -OCH3 is 2. The summed E-state index contributed by atoms with van der Waals surface area (Å²) >= 11 is 0. The van der Waals surface area contributed by atoms with Gasteiger partial charge in [0.05, 0.1) is 25.5 Å². The molecule has 0 atom stereocenters. The molecule has 0 radical (unpaired) electrons. The van der Waals surface area contributed by atoms with Crippen LogP contribution in [0.4, 0.5) is 5.69 Å². The minimum absolute atomic E-state index is 0.234. The van der Waals surface area contributed by atoms with Crippen LogP contribution in [-0.4, -0.2) is 50.7 Å². The molecule has 0 bridgehead atoms. The van der Waals surface area contributed by atoms with E-state index in [0.29, 0.717) is 48.0 Å². The number of nitrogens with zero attached hydrogens (tertiary/aromatic N) is 1.